The molecule has 4 aromatic carbocycles. The van der Waals surface area contributed by atoms with Crippen LogP contribution in [0.25, 0.3) is 27.7 Å². The highest BCUT2D eigenvalue weighted by molar-refractivity contribution is 6.00. The molecule has 5 aromatic rings. The second-order valence-corrected chi connectivity index (χ2v) is 9.97. The smallest absolute Gasteiger partial charge is 0.255 e. The fraction of sp³-hybridized carbons (Fsp3) is 0.152. The Bertz CT molecular complexity index is 1740. The predicted molar refractivity (Wildman–Crippen MR) is 152 cm³/mol. The minimum absolute atomic E-state index is 0.0571. The van der Waals surface area contributed by atoms with Crippen molar-refractivity contribution >= 4 is 22.6 Å². The highest BCUT2D eigenvalue weighted by Gasteiger charge is 2.29. The SMILES string of the molecule is Cc1c(C(=O)N2CCN(C(=O)c3ccc4ccccc4c3)CC2)cc(-c2ccccc2)n1-c1ccc(F)cc1F. The molecular weight excluding hydrogens is 508 g/mol. The largest absolute Gasteiger partial charge is 0.335 e. The molecule has 6 rings (SSSR count). The quantitative estimate of drug-likeness (QED) is 0.264. The van der Waals surface area contributed by atoms with Gasteiger partial charge in [-0.15, -0.1) is 0 Å². The highest BCUT2D eigenvalue weighted by atomic mass is 19.1. The van der Waals surface area contributed by atoms with Gasteiger partial charge < -0.3 is 14.4 Å². The lowest BCUT2D eigenvalue weighted by Crippen LogP contribution is -2.50. The molecule has 2 amide bonds. The summed E-state index contributed by atoms with van der Waals surface area (Å²) in [6.07, 6.45) is 0. The zero-order chi connectivity index (χ0) is 27.8. The van der Waals surface area contributed by atoms with Gasteiger partial charge in [-0.2, -0.15) is 0 Å². The highest BCUT2D eigenvalue weighted by Crippen LogP contribution is 2.32. The lowest BCUT2D eigenvalue weighted by atomic mass is 10.1. The van der Waals surface area contributed by atoms with E-state index in [-0.39, 0.29) is 17.5 Å². The number of hydrogen-bond acceptors (Lipinski definition) is 2. The molecule has 0 saturated carbocycles. The van der Waals surface area contributed by atoms with Crippen molar-refractivity contribution in [2.75, 3.05) is 26.2 Å². The van der Waals surface area contributed by atoms with E-state index in [4.69, 9.17) is 0 Å². The third-order valence-electron chi connectivity index (χ3n) is 7.55. The van der Waals surface area contributed by atoms with Crippen LogP contribution in [0, 0.1) is 18.6 Å². The van der Waals surface area contributed by atoms with Gasteiger partial charge in [-0.3, -0.25) is 9.59 Å². The number of piperazine rings is 1. The second-order valence-electron chi connectivity index (χ2n) is 9.97. The number of benzene rings is 4. The summed E-state index contributed by atoms with van der Waals surface area (Å²) in [5, 5.41) is 2.08. The number of halogens is 2. The van der Waals surface area contributed by atoms with Gasteiger partial charge in [-0.1, -0.05) is 60.7 Å². The minimum atomic E-state index is -0.712. The number of hydrogen-bond donors (Lipinski definition) is 0. The molecule has 1 aliphatic heterocycles. The molecule has 1 aromatic heterocycles. The van der Waals surface area contributed by atoms with E-state index in [0.29, 0.717) is 48.7 Å². The van der Waals surface area contributed by atoms with E-state index >= 15 is 0 Å². The van der Waals surface area contributed by atoms with E-state index < -0.39 is 11.6 Å². The van der Waals surface area contributed by atoms with E-state index in [1.807, 2.05) is 72.8 Å². The molecule has 2 heterocycles. The van der Waals surface area contributed by atoms with Gasteiger partial charge in [0.05, 0.1) is 16.9 Å². The molecule has 0 bridgehead atoms. The first kappa shape index (κ1) is 25.5. The molecule has 7 heteroatoms. The average molecular weight is 536 g/mol. The molecule has 0 unspecified atom stereocenters. The van der Waals surface area contributed by atoms with E-state index in [1.165, 1.54) is 12.1 Å². The first-order valence-electron chi connectivity index (χ1n) is 13.2. The maximum atomic E-state index is 14.9. The van der Waals surface area contributed by atoms with Gasteiger partial charge in [0.2, 0.25) is 0 Å². The zero-order valence-electron chi connectivity index (χ0n) is 22.0. The first-order chi connectivity index (χ1) is 19.4. The standard InChI is InChI=1S/C33H27F2N3O2/c1-22-28(21-31(24-8-3-2-4-9-24)38(22)30-14-13-27(34)20-29(30)35)33(40)37-17-15-36(16-18-37)32(39)26-12-11-23-7-5-6-10-25(23)19-26/h2-14,19-21H,15-18H2,1H3. The number of amides is 2. The van der Waals surface area contributed by atoms with Crippen molar-refractivity contribution in [1.82, 2.24) is 14.4 Å². The summed E-state index contributed by atoms with van der Waals surface area (Å²) in [5.74, 6) is -1.62. The topological polar surface area (TPSA) is 45.6 Å². The molecule has 1 saturated heterocycles. The number of fused-ring (bicyclic) bond motifs is 1. The summed E-state index contributed by atoms with van der Waals surface area (Å²) in [7, 11) is 0. The van der Waals surface area contributed by atoms with Crippen LogP contribution in [0.4, 0.5) is 8.78 Å². The van der Waals surface area contributed by atoms with Crippen molar-refractivity contribution in [3.8, 4) is 16.9 Å². The Labute approximate surface area is 230 Å². The number of carbonyl (C=O) groups excluding carboxylic acids is 2. The molecular formula is C33H27F2N3O2. The number of nitrogens with zero attached hydrogens (tertiary/aromatic N) is 3. The third kappa shape index (κ3) is 4.64. The van der Waals surface area contributed by atoms with Crippen LogP contribution in [-0.2, 0) is 0 Å². The van der Waals surface area contributed by atoms with Crippen LogP contribution in [0.1, 0.15) is 26.4 Å². The van der Waals surface area contributed by atoms with E-state index in [2.05, 4.69) is 0 Å². The fourth-order valence-electron chi connectivity index (χ4n) is 5.41. The summed E-state index contributed by atoms with van der Waals surface area (Å²) < 4.78 is 30.3. The van der Waals surface area contributed by atoms with E-state index in [0.717, 1.165) is 22.4 Å². The van der Waals surface area contributed by atoms with Gasteiger partial charge in [0.1, 0.15) is 11.6 Å². The van der Waals surface area contributed by atoms with Crippen LogP contribution >= 0.6 is 0 Å². The van der Waals surface area contributed by atoms with Gasteiger partial charge in [-0.05, 0) is 53.6 Å². The normalized spacial score (nSPS) is 13.6. The van der Waals surface area contributed by atoms with Gasteiger partial charge in [-0.25, -0.2) is 8.78 Å². The molecule has 1 aliphatic rings. The summed E-state index contributed by atoms with van der Waals surface area (Å²) in [6, 6.07) is 28.2. The third-order valence-corrected chi connectivity index (χ3v) is 7.55. The van der Waals surface area contributed by atoms with Gasteiger partial charge in [0, 0.05) is 43.5 Å². The number of aromatic nitrogens is 1. The summed E-state index contributed by atoms with van der Waals surface area (Å²) in [4.78, 5) is 30.5. The van der Waals surface area contributed by atoms with Crippen LogP contribution in [-0.4, -0.2) is 52.4 Å². The molecule has 0 spiro atoms. The van der Waals surface area contributed by atoms with Gasteiger partial charge >= 0.3 is 0 Å². The number of carbonyl (C=O) groups is 2. The van der Waals surface area contributed by atoms with E-state index in [1.54, 1.807) is 27.4 Å². The van der Waals surface area contributed by atoms with Crippen molar-refractivity contribution in [2.24, 2.45) is 0 Å². The van der Waals surface area contributed by atoms with Crippen molar-refractivity contribution in [1.29, 1.82) is 0 Å². The lowest BCUT2D eigenvalue weighted by Gasteiger charge is -2.35. The Morgan fingerprint density at radius 3 is 2.02 bits per heavy atom. The monoisotopic (exact) mass is 535 g/mol. The Balaban J connectivity index is 1.25. The summed E-state index contributed by atoms with van der Waals surface area (Å²) in [5.41, 5.74) is 3.24. The lowest BCUT2D eigenvalue weighted by molar-refractivity contribution is 0.0535. The van der Waals surface area contributed by atoms with E-state index in [9.17, 15) is 18.4 Å². The zero-order valence-corrected chi connectivity index (χ0v) is 22.0. The molecule has 40 heavy (non-hydrogen) atoms. The molecule has 0 radical (unpaired) electrons. The van der Waals surface area contributed by atoms with Crippen molar-refractivity contribution < 1.29 is 18.4 Å². The van der Waals surface area contributed by atoms with Gasteiger partial charge in [0.15, 0.2) is 0 Å². The summed E-state index contributed by atoms with van der Waals surface area (Å²) in [6.45, 7) is 3.36. The molecule has 200 valence electrons. The Hall–Kier alpha value is -4.78. The Morgan fingerprint density at radius 2 is 1.32 bits per heavy atom. The van der Waals surface area contributed by atoms with Gasteiger partial charge in [0.25, 0.3) is 11.8 Å². The Kier molecular flexibility index (Phi) is 6.64. The first-order valence-corrected chi connectivity index (χ1v) is 13.2. The molecule has 0 atom stereocenters. The van der Waals surface area contributed by atoms with Crippen LogP contribution in [0.5, 0.6) is 0 Å². The fourth-order valence-corrected chi connectivity index (χ4v) is 5.41. The van der Waals surface area contributed by atoms with Crippen LogP contribution in [0.2, 0.25) is 0 Å². The molecule has 0 N–H and O–H groups in total. The molecule has 5 nitrogen and oxygen atoms in total. The molecule has 1 fully saturated rings. The summed E-state index contributed by atoms with van der Waals surface area (Å²) >= 11 is 0. The van der Waals surface area contributed by atoms with Crippen LogP contribution in [0.15, 0.2) is 97.1 Å². The second kappa shape index (κ2) is 10.4. The van der Waals surface area contributed by atoms with Crippen molar-refractivity contribution in [3.05, 3.63) is 126 Å². The predicted octanol–water partition coefficient (Wildman–Crippen LogP) is 6.48. The Morgan fingerprint density at radius 1 is 0.675 bits per heavy atom. The van der Waals surface area contributed by atoms with Crippen molar-refractivity contribution in [2.45, 2.75) is 6.92 Å². The van der Waals surface area contributed by atoms with Crippen LogP contribution < -0.4 is 0 Å². The van der Waals surface area contributed by atoms with Crippen LogP contribution in [0.3, 0.4) is 0 Å². The number of rotatable bonds is 4. The maximum absolute atomic E-state index is 14.9. The minimum Gasteiger partial charge on any atom is -0.335 e. The average Bonchev–Trinajstić information content (AvgIpc) is 3.33. The van der Waals surface area contributed by atoms with Crippen molar-refractivity contribution in [3.63, 3.8) is 0 Å². The molecule has 0 aliphatic carbocycles. The maximum Gasteiger partial charge on any atom is 0.255 e.